The van der Waals surface area contributed by atoms with Crippen molar-refractivity contribution in [3.05, 3.63) is 33.1 Å². The maximum atomic E-state index is 14.3. The molecule has 15 nitrogen and oxygen atoms in total. The molecule has 0 bridgehead atoms. The minimum atomic E-state index is -4.34. The Hall–Kier alpha value is -2.39. The molecule has 42 heavy (non-hydrogen) atoms. The van der Waals surface area contributed by atoms with E-state index < -0.39 is 67.5 Å². The summed E-state index contributed by atoms with van der Waals surface area (Å²) >= 11 is 0. The fourth-order valence-corrected chi connectivity index (χ4v) is 5.91. The Morgan fingerprint density at radius 1 is 1.02 bits per heavy atom. The number of aliphatic hydroxyl groups excluding tert-OH is 1. The first-order valence-electron chi connectivity index (χ1n) is 13.9. The van der Waals surface area contributed by atoms with Gasteiger partial charge in [-0.3, -0.25) is 28.5 Å². The van der Waals surface area contributed by atoms with Crippen molar-refractivity contribution in [1.29, 1.82) is 0 Å². The Morgan fingerprint density at radius 2 is 1.50 bits per heavy atom. The summed E-state index contributed by atoms with van der Waals surface area (Å²) in [7, 11) is -3.15. The number of aromatic amines is 1. The molecule has 0 fully saturated rings. The van der Waals surface area contributed by atoms with Gasteiger partial charge in [-0.1, -0.05) is 27.7 Å². The third-order valence-corrected chi connectivity index (χ3v) is 7.97. The number of rotatable bonds is 19. The van der Waals surface area contributed by atoms with E-state index in [2.05, 4.69) is 10.2 Å². The third-order valence-electron chi connectivity index (χ3n) is 6.16. The topological polar surface area (TPSA) is 208 Å². The van der Waals surface area contributed by atoms with Gasteiger partial charge in [0.05, 0.1) is 19.8 Å². The fourth-order valence-electron chi connectivity index (χ4n) is 4.09. The predicted molar refractivity (Wildman–Crippen MR) is 154 cm³/mol. The van der Waals surface area contributed by atoms with E-state index in [0.717, 1.165) is 19.2 Å². The average Bonchev–Trinajstić information content (AvgIpc) is 2.87. The van der Waals surface area contributed by atoms with Crippen molar-refractivity contribution < 1.29 is 43.1 Å². The molecule has 0 aliphatic carbocycles. The van der Waals surface area contributed by atoms with Crippen LogP contribution < -0.4 is 21.4 Å². The maximum absolute atomic E-state index is 14.3. The molecule has 0 saturated heterocycles. The van der Waals surface area contributed by atoms with Crippen molar-refractivity contribution in [1.82, 2.24) is 19.7 Å². The standard InChI is InChI=1S/C26H47N4O11P/c1-9-39-23(33)18(13-16(3)4)28-42(37,29-19(14-17(5)6)24(34)40-10-2)41-15-20(38-8)22(32)26(7,36)30-12-11-21(31)27-25(30)35/h11-12,16-20,22,32,36H,9-10,13-15H2,1-8H3,(H,27,31,35)(H2,28,29,37)/t18?,19?,20?,22?,26-,42?/m0/s1. The summed E-state index contributed by atoms with van der Waals surface area (Å²) in [6.07, 6.45) is -1.83. The monoisotopic (exact) mass is 622 g/mol. The highest BCUT2D eigenvalue weighted by Gasteiger charge is 2.42. The number of nitrogens with one attached hydrogen (secondary N) is 3. The van der Waals surface area contributed by atoms with Crippen LogP contribution in [0.3, 0.4) is 0 Å². The molecule has 4 unspecified atom stereocenters. The van der Waals surface area contributed by atoms with Gasteiger partial charge in [0.2, 0.25) is 0 Å². The van der Waals surface area contributed by atoms with E-state index in [4.69, 9.17) is 18.7 Å². The highest BCUT2D eigenvalue weighted by atomic mass is 31.2. The van der Waals surface area contributed by atoms with E-state index in [0.29, 0.717) is 4.57 Å². The highest BCUT2D eigenvalue weighted by molar-refractivity contribution is 7.54. The first-order valence-corrected chi connectivity index (χ1v) is 15.5. The molecule has 1 aromatic rings. The normalized spacial score (nSPS) is 17.6. The third kappa shape index (κ3) is 11.4. The van der Waals surface area contributed by atoms with Gasteiger partial charge >= 0.3 is 25.3 Å². The lowest BCUT2D eigenvalue weighted by atomic mass is 10.0. The molecule has 1 heterocycles. The number of hydrogen-bond acceptors (Lipinski definition) is 11. The van der Waals surface area contributed by atoms with E-state index in [1.54, 1.807) is 13.8 Å². The molecule has 1 aromatic heterocycles. The molecule has 16 heteroatoms. The Kier molecular flexibility index (Phi) is 15.3. The van der Waals surface area contributed by atoms with E-state index in [1.165, 1.54) is 7.11 Å². The Morgan fingerprint density at radius 3 is 1.88 bits per heavy atom. The smallest absolute Gasteiger partial charge is 0.342 e. The zero-order chi connectivity index (χ0) is 32.3. The van der Waals surface area contributed by atoms with Gasteiger partial charge in [0.15, 0.2) is 5.72 Å². The van der Waals surface area contributed by atoms with Crippen LogP contribution in [-0.2, 0) is 38.6 Å². The Balaban J connectivity index is 3.43. The average molecular weight is 623 g/mol. The van der Waals surface area contributed by atoms with Crippen molar-refractivity contribution in [2.24, 2.45) is 11.8 Å². The number of nitrogens with zero attached hydrogens (tertiary/aromatic N) is 1. The maximum Gasteiger partial charge on any atom is 0.342 e. The van der Waals surface area contributed by atoms with Crippen molar-refractivity contribution in [2.45, 2.75) is 91.3 Å². The van der Waals surface area contributed by atoms with Crippen LogP contribution in [0.25, 0.3) is 0 Å². The number of esters is 2. The van der Waals surface area contributed by atoms with Gasteiger partial charge in [0.1, 0.15) is 24.3 Å². The van der Waals surface area contributed by atoms with E-state index in [-0.39, 0.29) is 37.9 Å². The van der Waals surface area contributed by atoms with Crippen LogP contribution in [0.4, 0.5) is 0 Å². The van der Waals surface area contributed by atoms with Crippen LogP contribution in [0.2, 0.25) is 0 Å². The Bertz CT molecular complexity index is 1130. The molecule has 0 radical (unpaired) electrons. The SMILES string of the molecule is CCOC(=O)C(CC(C)C)NP(=O)(NC(CC(C)C)C(=O)OCC)OCC(OC)C(O)[C@](C)(O)n1ccc(=O)[nH]c1=O. The number of methoxy groups -OCH3 is 1. The van der Waals surface area contributed by atoms with E-state index in [9.17, 15) is 34.0 Å². The van der Waals surface area contributed by atoms with Crippen LogP contribution in [0, 0.1) is 11.8 Å². The summed E-state index contributed by atoms with van der Waals surface area (Å²) in [4.78, 5) is 51.3. The number of ether oxygens (including phenoxy) is 3. The number of aromatic nitrogens is 2. The van der Waals surface area contributed by atoms with Crippen molar-refractivity contribution in [3.8, 4) is 0 Å². The van der Waals surface area contributed by atoms with Crippen LogP contribution in [0.1, 0.15) is 61.3 Å². The summed E-state index contributed by atoms with van der Waals surface area (Å²) in [5.41, 5.74) is -4.01. The molecule has 0 saturated carbocycles. The molecule has 0 spiro atoms. The lowest BCUT2D eigenvalue weighted by molar-refractivity contribution is -0.176. The minimum absolute atomic E-state index is 0.0314. The van der Waals surface area contributed by atoms with E-state index in [1.807, 2.05) is 32.7 Å². The second kappa shape index (κ2) is 17.0. The van der Waals surface area contributed by atoms with Crippen LogP contribution in [0.5, 0.6) is 0 Å². The first-order chi connectivity index (χ1) is 19.5. The van der Waals surface area contributed by atoms with Gasteiger partial charge in [-0.05, 0) is 45.4 Å². The zero-order valence-corrected chi connectivity index (χ0v) is 26.5. The molecule has 5 atom stereocenters. The number of hydrogen-bond donors (Lipinski definition) is 5. The number of H-pyrrole nitrogens is 1. The molecule has 0 aliphatic heterocycles. The molecule has 242 valence electrons. The number of aliphatic hydroxyl groups is 2. The first kappa shape index (κ1) is 37.6. The van der Waals surface area contributed by atoms with Gasteiger partial charge in [0.25, 0.3) is 5.56 Å². The summed E-state index contributed by atoms with van der Waals surface area (Å²) in [6, 6.07) is -1.21. The number of carbonyl (C=O) groups is 2. The van der Waals surface area contributed by atoms with Gasteiger partial charge < -0.3 is 28.9 Å². The summed E-state index contributed by atoms with van der Waals surface area (Å²) in [6.45, 7) is 11.3. The molecule has 0 aliphatic rings. The van der Waals surface area contributed by atoms with Gasteiger partial charge in [-0.15, -0.1) is 0 Å². The minimum Gasteiger partial charge on any atom is -0.465 e. The van der Waals surface area contributed by atoms with Gasteiger partial charge in [0, 0.05) is 19.4 Å². The van der Waals surface area contributed by atoms with Crippen molar-refractivity contribution in [2.75, 3.05) is 26.9 Å². The van der Waals surface area contributed by atoms with Crippen molar-refractivity contribution in [3.63, 3.8) is 0 Å². The summed E-state index contributed by atoms with van der Waals surface area (Å²) in [5.74, 6) is -1.43. The molecule has 5 N–H and O–H groups in total. The molecule has 0 amide bonds. The quantitative estimate of drug-likeness (QED) is 0.107. The molecular formula is C26H47N4O11P. The van der Waals surface area contributed by atoms with Crippen LogP contribution in [-0.4, -0.2) is 82.9 Å². The van der Waals surface area contributed by atoms with Gasteiger partial charge in [-0.25, -0.2) is 15.0 Å². The lowest BCUT2D eigenvalue weighted by Gasteiger charge is -2.36. The second-order valence-corrected chi connectivity index (χ2v) is 12.6. The van der Waals surface area contributed by atoms with Gasteiger partial charge in [-0.2, -0.15) is 0 Å². The summed E-state index contributed by atoms with van der Waals surface area (Å²) < 4.78 is 36.4. The molecular weight excluding hydrogens is 575 g/mol. The van der Waals surface area contributed by atoms with Crippen LogP contribution in [0.15, 0.2) is 21.9 Å². The zero-order valence-electron chi connectivity index (χ0n) is 25.6. The fraction of sp³-hybridized carbons (Fsp3) is 0.769. The Labute approximate surface area is 245 Å². The molecule has 0 aromatic carbocycles. The van der Waals surface area contributed by atoms with E-state index >= 15 is 0 Å². The predicted octanol–water partition coefficient (Wildman–Crippen LogP) is 0.837. The van der Waals surface area contributed by atoms with Crippen molar-refractivity contribution >= 4 is 19.6 Å². The number of carbonyl (C=O) groups excluding carboxylic acids is 2. The summed E-state index contributed by atoms with van der Waals surface area (Å²) in [5, 5.41) is 27.4. The largest absolute Gasteiger partial charge is 0.465 e. The second-order valence-electron chi connectivity index (χ2n) is 10.8. The lowest BCUT2D eigenvalue weighted by Crippen LogP contribution is -2.55. The molecule has 1 rings (SSSR count). The van der Waals surface area contributed by atoms with Crippen LogP contribution >= 0.6 is 7.67 Å². The highest BCUT2D eigenvalue weighted by Crippen LogP contribution is 2.41.